The van der Waals surface area contributed by atoms with Crippen LogP contribution >= 0.6 is 11.3 Å². The molecule has 2 aromatic rings. The number of amides is 1. The van der Waals surface area contributed by atoms with Crippen LogP contribution in [0.25, 0.3) is 0 Å². The number of nitrogens with zero attached hydrogens (tertiary/aromatic N) is 1. The Balaban J connectivity index is 2.01. The summed E-state index contributed by atoms with van der Waals surface area (Å²) >= 11 is 1.36. The molecule has 0 aliphatic heterocycles. The number of nitrogens with one attached hydrogen (secondary N) is 1. The lowest BCUT2D eigenvalue weighted by Gasteiger charge is -2.09. The van der Waals surface area contributed by atoms with Crippen molar-refractivity contribution in [1.29, 1.82) is 0 Å². The van der Waals surface area contributed by atoms with E-state index in [4.69, 9.17) is 9.47 Å². The lowest BCUT2D eigenvalue weighted by molar-refractivity contribution is 0.0959. The van der Waals surface area contributed by atoms with E-state index < -0.39 is 0 Å². The topological polar surface area (TPSA) is 59.9 Å². The smallest absolute Gasteiger partial charge is 0.281 e. The summed E-state index contributed by atoms with van der Waals surface area (Å²) < 4.78 is 10.7. The number of carbonyl (C=O) groups is 1. The highest BCUT2D eigenvalue weighted by Crippen LogP contribution is 2.27. The quantitative estimate of drug-likeness (QED) is 0.485. The number of rotatable bonds is 7. The molecule has 5 nitrogen and oxygen atoms in total. The zero-order valence-electron chi connectivity index (χ0n) is 12.1. The van der Waals surface area contributed by atoms with E-state index in [1.54, 1.807) is 37.6 Å². The van der Waals surface area contributed by atoms with Gasteiger partial charge in [0.25, 0.3) is 5.91 Å². The van der Waals surface area contributed by atoms with E-state index in [1.807, 2.05) is 17.5 Å². The van der Waals surface area contributed by atoms with Crippen molar-refractivity contribution in [2.75, 3.05) is 13.7 Å². The average Bonchev–Trinajstić information content (AvgIpc) is 3.07. The van der Waals surface area contributed by atoms with E-state index >= 15 is 0 Å². The summed E-state index contributed by atoms with van der Waals surface area (Å²) in [5, 5.41) is 5.77. The highest BCUT2D eigenvalue weighted by molar-refractivity contribution is 7.12. The first-order valence-corrected chi connectivity index (χ1v) is 7.41. The Hall–Kier alpha value is -2.60. The second kappa shape index (κ2) is 7.99. The lowest BCUT2D eigenvalue weighted by Crippen LogP contribution is -2.16. The molecule has 1 aromatic carbocycles. The summed E-state index contributed by atoms with van der Waals surface area (Å²) in [5.74, 6) is 0.988. The number of hydrazone groups is 1. The summed E-state index contributed by atoms with van der Waals surface area (Å²) in [4.78, 5) is 12.3. The number of thiophene rings is 1. The molecule has 0 aliphatic carbocycles. The summed E-state index contributed by atoms with van der Waals surface area (Å²) in [7, 11) is 1.57. The summed E-state index contributed by atoms with van der Waals surface area (Å²) in [6.07, 6.45) is 3.21. The van der Waals surface area contributed by atoms with Crippen LogP contribution in [-0.2, 0) is 0 Å². The summed E-state index contributed by atoms with van der Waals surface area (Å²) in [6.45, 7) is 4.00. The second-order valence-electron chi connectivity index (χ2n) is 4.19. The van der Waals surface area contributed by atoms with E-state index in [-0.39, 0.29) is 5.91 Å². The predicted molar refractivity (Wildman–Crippen MR) is 88.1 cm³/mol. The van der Waals surface area contributed by atoms with Crippen LogP contribution in [0.4, 0.5) is 0 Å². The molecule has 0 saturated carbocycles. The van der Waals surface area contributed by atoms with Gasteiger partial charge in [-0.1, -0.05) is 18.7 Å². The van der Waals surface area contributed by atoms with Crippen molar-refractivity contribution < 1.29 is 14.3 Å². The molecule has 1 amide bonds. The number of methoxy groups -OCH3 is 1. The Morgan fingerprint density at radius 1 is 1.41 bits per heavy atom. The van der Waals surface area contributed by atoms with Crippen molar-refractivity contribution in [3.63, 3.8) is 0 Å². The number of ether oxygens (including phenoxy) is 2. The van der Waals surface area contributed by atoms with Gasteiger partial charge in [0, 0.05) is 0 Å². The maximum atomic E-state index is 11.7. The maximum Gasteiger partial charge on any atom is 0.281 e. The third kappa shape index (κ3) is 4.20. The molecule has 0 fully saturated rings. The van der Waals surface area contributed by atoms with Gasteiger partial charge >= 0.3 is 0 Å². The highest BCUT2D eigenvalue weighted by Gasteiger charge is 2.05. The molecule has 1 heterocycles. The van der Waals surface area contributed by atoms with Gasteiger partial charge in [0.05, 0.1) is 18.2 Å². The van der Waals surface area contributed by atoms with Crippen LogP contribution in [0.2, 0.25) is 0 Å². The maximum absolute atomic E-state index is 11.7. The van der Waals surface area contributed by atoms with Gasteiger partial charge in [0.2, 0.25) is 0 Å². The van der Waals surface area contributed by atoms with Gasteiger partial charge in [-0.2, -0.15) is 5.10 Å². The molecule has 114 valence electrons. The first-order chi connectivity index (χ1) is 10.7. The van der Waals surface area contributed by atoms with Gasteiger partial charge in [-0.3, -0.25) is 4.79 Å². The molecule has 0 radical (unpaired) electrons. The summed E-state index contributed by atoms with van der Waals surface area (Å²) in [5.41, 5.74) is 3.26. The molecule has 0 saturated heterocycles. The largest absolute Gasteiger partial charge is 0.493 e. The van der Waals surface area contributed by atoms with Crippen molar-refractivity contribution in [3.8, 4) is 11.5 Å². The fraction of sp³-hybridized carbons (Fsp3) is 0.125. The monoisotopic (exact) mass is 316 g/mol. The van der Waals surface area contributed by atoms with Crippen LogP contribution in [0.3, 0.4) is 0 Å². The zero-order chi connectivity index (χ0) is 15.8. The first kappa shape index (κ1) is 15.8. The Labute approximate surface area is 132 Å². The van der Waals surface area contributed by atoms with Crippen LogP contribution in [0, 0.1) is 0 Å². The van der Waals surface area contributed by atoms with Crippen LogP contribution in [0.1, 0.15) is 15.2 Å². The fourth-order valence-corrected chi connectivity index (χ4v) is 2.27. The fourth-order valence-electron chi connectivity index (χ4n) is 1.66. The van der Waals surface area contributed by atoms with Crippen LogP contribution in [0.15, 0.2) is 53.5 Å². The van der Waals surface area contributed by atoms with E-state index in [0.717, 1.165) is 5.56 Å². The van der Waals surface area contributed by atoms with Crippen molar-refractivity contribution in [3.05, 3.63) is 58.8 Å². The van der Waals surface area contributed by atoms with Crippen LogP contribution in [0.5, 0.6) is 11.5 Å². The average molecular weight is 316 g/mol. The van der Waals surface area contributed by atoms with Gasteiger partial charge in [0.1, 0.15) is 6.61 Å². The van der Waals surface area contributed by atoms with Crippen molar-refractivity contribution >= 4 is 23.5 Å². The lowest BCUT2D eigenvalue weighted by atomic mass is 10.2. The van der Waals surface area contributed by atoms with E-state index in [9.17, 15) is 4.79 Å². The normalized spacial score (nSPS) is 10.4. The third-order valence-corrected chi connectivity index (χ3v) is 3.54. The third-order valence-electron chi connectivity index (χ3n) is 2.67. The molecular formula is C16H16N2O3S. The molecule has 0 aliphatic rings. The standard InChI is InChI=1S/C16H16N2O3S/c1-3-8-21-13-7-6-12(10-14(13)20-2)11-17-18-16(19)15-5-4-9-22-15/h3-7,9-11H,1,8H2,2H3,(H,18,19)/b17-11-. The van der Waals surface area contributed by atoms with E-state index in [1.165, 1.54) is 11.3 Å². The predicted octanol–water partition coefficient (Wildman–Crippen LogP) is 3.09. The van der Waals surface area contributed by atoms with E-state index in [0.29, 0.717) is 23.0 Å². The Kier molecular flexibility index (Phi) is 5.73. The number of hydrogen-bond acceptors (Lipinski definition) is 5. The van der Waals surface area contributed by atoms with E-state index in [2.05, 4.69) is 17.1 Å². The van der Waals surface area contributed by atoms with Gasteiger partial charge in [-0.25, -0.2) is 5.43 Å². The number of benzene rings is 1. The number of carbonyl (C=O) groups excluding carboxylic acids is 1. The Bertz CT molecular complexity index is 666. The van der Waals surface area contributed by atoms with Gasteiger partial charge in [-0.05, 0) is 35.2 Å². The van der Waals surface area contributed by atoms with Crippen molar-refractivity contribution in [1.82, 2.24) is 5.43 Å². The molecular weight excluding hydrogens is 300 g/mol. The van der Waals surface area contributed by atoms with Crippen molar-refractivity contribution in [2.24, 2.45) is 5.10 Å². The highest BCUT2D eigenvalue weighted by atomic mass is 32.1. The van der Waals surface area contributed by atoms with Gasteiger partial charge < -0.3 is 9.47 Å². The van der Waals surface area contributed by atoms with Crippen molar-refractivity contribution in [2.45, 2.75) is 0 Å². The minimum Gasteiger partial charge on any atom is -0.493 e. The minimum atomic E-state index is -0.232. The first-order valence-electron chi connectivity index (χ1n) is 6.53. The molecule has 1 aromatic heterocycles. The SMILES string of the molecule is C=CCOc1ccc(/C=N\NC(=O)c2cccs2)cc1OC. The molecule has 0 spiro atoms. The van der Waals surface area contributed by atoms with Crippen LogP contribution < -0.4 is 14.9 Å². The zero-order valence-corrected chi connectivity index (χ0v) is 12.9. The molecule has 0 bridgehead atoms. The van der Waals surface area contributed by atoms with Gasteiger partial charge in [0.15, 0.2) is 11.5 Å². The molecule has 6 heteroatoms. The molecule has 2 rings (SSSR count). The Morgan fingerprint density at radius 3 is 2.95 bits per heavy atom. The minimum absolute atomic E-state index is 0.232. The van der Waals surface area contributed by atoms with Gasteiger partial charge in [-0.15, -0.1) is 11.3 Å². The molecule has 0 atom stereocenters. The molecule has 0 unspecified atom stereocenters. The number of hydrogen-bond donors (Lipinski definition) is 1. The molecule has 1 N–H and O–H groups in total. The Morgan fingerprint density at radius 2 is 2.27 bits per heavy atom. The second-order valence-corrected chi connectivity index (χ2v) is 5.13. The van der Waals surface area contributed by atoms with Crippen LogP contribution in [-0.4, -0.2) is 25.8 Å². The summed E-state index contributed by atoms with van der Waals surface area (Å²) in [6, 6.07) is 8.94. The molecule has 22 heavy (non-hydrogen) atoms.